The molecule has 0 bridgehead atoms. The molecule has 3 heterocycles. The average Bonchev–Trinajstić information content (AvgIpc) is 3.33. The van der Waals surface area contributed by atoms with Crippen LogP contribution in [0.2, 0.25) is 0 Å². The van der Waals surface area contributed by atoms with Crippen LogP contribution in [0, 0.1) is 12.8 Å². The summed E-state index contributed by atoms with van der Waals surface area (Å²) in [5, 5.41) is 6.81. The van der Waals surface area contributed by atoms with Gasteiger partial charge in [-0.1, -0.05) is 12.1 Å². The van der Waals surface area contributed by atoms with Gasteiger partial charge in [0.1, 0.15) is 11.6 Å². The van der Waals surface area contributed by atoms with Crippen LogP contribution in [-0.4, -0.2) is 34.2 Å². The predicted octanol–water partition coefficient (Wildman–Crippen LogP) is 3.77. The van der Waals surface area contributed by atoms with Gasteiger partial charge in [-0.2, -0.15) is 5.10 Å². The molecule has 6 heteroatoms. The van der Waals surface area contributed by atoms with Gasteiger partial charge in [-0.3, -0.25) is 14.8 Å². The summed E-state index contributed by atoms with van der Waals surface area (Å²) < 4.78 is 5.57. The number of aryl methyl sites for hydroxylation is 1. The molecule has 1 fully saturated rings. The van der Waals surface area contributed by atoms with E-state index in [1.165, 1.54) is 0 Å². The number of H-pyrrole nitrogens is 1. The number of anilines is 1. The molecule has 1 saturated heterocycles. The first-order valence-corrected chi connectivity index (χ1v) is 9.65. The van der Waals surface area contributed by atoms with Crippen LogP contribution in [0.5, 0.6) is 5.75 Å². The number of pyridine rings is 1. The zero-order chi connectivity index (χ0) is 19.5. The maximum atomic E-state index is 13.0. The van der Waals surface area contributed by atoms with E-state index in [9.17, 15) is 4.79 Å². The number of nitrogens with one attached hydrogen (secondary N) is 1. The van der Waals surface area contributed by atoms with E-state index in [2.05, 4.69) is 21.2 Å². The number of ether oxygens (including phenoxy) is 1. The summed E-state index contributed by atoms with van der Waals surface area (Å²) in [6, 6.07) is 11.9. The number of aromatic amines is 1. The molecule has 0 radical (unpaired) electrons. The predicted molar refractivity (Wildman–Crippen MR) is 108 cm³/mol. The molecule has 3 aromatic rings. The van der Waals surface area contributed by atoms with Crippen molar-refractivity contribution in [2.45, 2.75) is 26.7 Å². The molecular weight excluding hydrogens is 352 g/mol. The minimum Gasteiger partial charge on any atom is -0.494 e. The maximum Gasteiger partial charge on any atom is 0.231 e. The van der Waals surface area contributed by atoms with Gasteiger partial charge in [-0.05, 0) is 56.5 Å². The molecule has 1 N–H and O–H groups in total. The fraction of sp³-hybridized carbons (Fsp3) is 0.318. The molecule has 144 valence electrons. The highest BCUT2D eigenvalue weighted by Gasteiger charge is 2.33. The van der Waals surface area contributed by atoms with Gasteiger partial charge in [0.25, 0.3) is 0 Å². The van der Waals surface area contributed by atoms with Crippen molar-refractivity contribution < 1.29 is 9.53 Å². The standard InChI is InChI=1S/C22H24N4O2/c1-3-28-19-6-4-5-16(12-19)11-17-9-10-26(22(17)27)21-8-7-20(15(2)25-21)18-13-23-24-14-18/h4-8,12-14,17H,3,9-11H2,1-2H3,(H,23,24). The van der Waals surface area contributed by atoms with E-state index in [0.717, 1.165) is 46.8 Å². The molecular formula is C22H24N4O2. The third-order valence-corrected chi connectivity index (χ3v) is 5.16. The Balaban J connectivity index is 1.48. The highest BCUT2D eigenvalue weighted by Crippen LogP contribution is 2.30. The fourth-order valence-corrected chi connectivity index (χ4v) is 3.77. The minimum absolute atomic E-state index is 0.0208. The van der Waals surface area contributed by atoms with E-state index < -0.39 is 0 Å². The van der Waals surface area contributed by atoms with Crippen molar-refractivity contribution in [3.8, 4) is 16.9 Å². The molecule has 0 spiro atoms. The molecule has 0 saturated carbocycles. The minimum atomic E-state index is -0.0208. The lowest BCUT2D eigenvalue weighted by Crippen LogP contribution is -2.28. The Morgan fingerprint density at radius 1 is 1.29 bits per heavy atom. The molecule has 1 unspecified atom stereocenters. The number of carbonyl (C=O) groups excluding carboxylic acids is 1. The van der Waals surface area contributed by atoms with E-state index in [1.807, 2.05) is 55.3 Å². The summed E-state index contributed by atoms with van der Waals surface area (Å²) in [5.41, 5.74) is 4.04. The van der Waals surface area contributed by atoms with Crippen molar-refractivity contribution >= 4 is 11.7 Å². The molecule has 1 amide bonds. The first-order chi connectivity index (χ1) is 13.7. The number of hydrogen-bond donors (Lipinski definition) is 1. The quantitative estimate of drug-likeness (QED) is 0.711. The number of hydrogen-bond acceptors (Lipinski definition) is 4. The topological polar surface area (TPSA) is 71.1 Å². The van der Waals surface area contributed by atoms with Crippen LogP contribution in [0.4, 0.5) is 5.82 Å². The van der Waals surface area contributed by atoms with Crippen LogP contribution in [0.3, 0.4) is 0 Å². The molecule has 6 nitrogen and oxygen atoms in total. The Morgan fingerprint density at radius 2 is 2.18 bits per heavy atom. The van der Waals surface area contributed by atoms with E-state index in [0.29, 0.717) is 13.2 Å². The van der Waals surface area contributed by atoms with Crippen molar-refractivity contribution in [1.82, 2.24) is 15.2 Å². The van der Waals surface area contributed by atoms with Crippen LogP contribution in [-0.2, 0) is 11.2 Å². The fourth-order valence-electron chi connectivity index (χ4n) is 3.77. The Hall–Kier alpha value is -3.15. The maximum absolute atomic E-state index is 13.0. The first-order valence-electron chi connectivity index (χ1n) is 9.65. The number of benzene rings is 1. The zero-order valence-corrected chi connectivity index (χ0v) is 16.2. The lowest BCUT2D eigenvalue weighted by molar-refractivity contribution is -0.120. The number of nitrogens with zero attached hydrogens (tertiary/aromatic N) is 3. The lowest BCUT2D eigenvalue weighted by atomic mass is 9.98. The monoisotopic (exact) mass is 376 g/mol. The number of rotatable bonds is 6. The summed E-state index contributed by atoms with van der Waals surface area (Å²) in [6.07, 6.45) is 5.18. The van der Waals surface area contributed by atoms with Gasteiger partial charge in [-0.25, -0.2) is 4.98 Å². The van der Waals surface area contributed by atoms with E-state index >= 15 is 0 Å². The van der Waals surface area contributed by atoms with Crippen molar-refractivity contribution in [1.29, 1.82) is 0 Å². The normalized spacial score (nSPS) is 16.6. The van der Waals surface area contributed by atoms with Gasteiger partial charge >= 0.3 is 0 Å². The van der Waals surface area contributed by atoms with Crippen LogP contribution in [0.1, 0.15) is 24.6 Å². The Labute approximate surface area is 164 Å². The Kier molecular flexibility index (Phi) is 5.10. The Bertz CT molecular complexity index is 968. The molecule has 4 rings (SSSR count). The number of amides is 1. The van der Waals surface area contributed by atoms with Gasteiger partial charge in [0.2, 0.25) is 5.91 Å². The van der Waals surface area contributed by atoms with Crippen LogP contribution < -0.4 is 9.64 Å². The summed E-state index contributed by atoms with van der Waals surface area (Å²) in [5.74, 6) is 1.70. The van der Waals surface area contributed by atoms with Crippen molar-refractivity contribution in [2.75, 3.05) is 18.1 Å². The van der Waals surface area contributed by atoms with Gasteiger partial charge in [-0.15, -0.1) is 0 Å². The second-order valence-corrected chi connectivity index (χ2v) is 7.05. The van der Waals surface area contributed by atoms with Crippen LogP contribution in [0.25, 0.3) is 11.1 Å². The van der Waals surface area contributed by atoms with Gasteiger partial charge in [0.05, 0.1) is 12.8 Å². The van der Waals surface area contributed by atoms with Crippen molar-refractivity contribution in [3.05, 3.63) is 60.0 Å². The molecule has 28 heavy (non-hydrogen) atoms. The number of carbonyl (C=O) groups is 1. The van der Waals surface area contributed by atoms with Crippen LogP contribution >= 0.6 is 0 Å². The third-order valence-electron chi connectivity index (χ3n) is 5.16. The van der Waals surface area contributed by atoms with Crippen LogP contribution in [0.15, 0.2) is 48.8 Å². The Morgan fingerprint density at radius 3 is 2.93 bits per heavy atom. The van der Waals surface area contributed by atoms with E-state index in [4.69, 9.17) is 4.74 Å². The van der Waals surface area contributed by atoms with Gasteiger partial charge in [0, 0.05) is 35.5 Å². The van der Waals surface area contributed by atoms with E-state index in [1.54, 1.807) is 6.20 Å². The highest BCUT2D eigenvalue weighted by molar-refractivity contribution is 5.96. The highest BCUT2D eigenvalue weighted by atomic mass is 16.5. The smallest absolute Gasteiger partial charge is 0.231 e. The first kappa shape index (κ1) is 18.2. The summed E-state index contributed by atoms with van der Waals surface area (Å²) in [7, 11) is 0. The van der Waals surface area contributed by atoms with Gasteiger partial charge in [0.15, 0.2) is 0 Å². The zero-order valence-electron chi connectivity index (χ0n) is 16.2. The second-order valence-electron chi connectivity index (χ2n) is 7.05. The van der Waals surface area contributed by atoms with E-state index in [-0.39, 0.29) is 11.8 Å². The van der Waals surface area contributed by atoms with Crippen molar-refractivity contribution in [2.24, 2.45) is 5.92 Å². The molecule has 1 aliphatic rings. The second kappa shape index (κ2) is 7.84. The largest absolute Gasteiger partial charge is 0.494 e. The molecule has 1 aliphatic heterocycles. The number of aromatic nitrogens is 3. The van der Waals surface area contributed by atoms with Crippen molar-refractivity contribution in [3.63, 3.8) is 0 Å². The average molecular weight is 376 g/mol. The summed E-state index contributed by atoms with van der Waals surface area (Å²) >= 11 is 0. The van der Waals surface area contributed by atoms with Gasteiger partial charge < -0.3 is 4.74 Å². The SMILES string of the molecule is CCOc1cccc(CC2CCN(c3ccc(-c4cn[nH]c4)c(C)n3)C2=O)c1. The summed E-state index contributed by atoms with van der Waals surface area (Å²) in [4.78, 5) is 19.5. The molecule has 1 atom stereocenters. The third kappa shape index (κ3) is 3.63. The summed E-state index contributed by atoms with van der Waals surface area (Å²) in [6.45, 7) is 5.27. The molecule has 0 aliphatic carbocycles. The molecule has 2 aromatic heterocycles. The lowest BCUT2D eigenvalue weighted by Gasteiger charge is -2.17. The molecule has 1 aromatic carbocycles.